The zero-order valence-electron chi connectivity index (χ0n) is 24.4. The van der Waals surface area contributed by atoms with E-state index in [1.165, 1.54) is 10.6 Å². The molecule has 5 rings (SSSR count). The first kappa shape index (κ1) is 32.5. The van der Waals surface area contributed by atoms with Crippen LogP contribution in [0.25, 0.3) is 28.0 Å². The first-order valence-electron chi connectivity index (χ1n) is 13.8. The molecule has 1 saturated heterocycles. The highest BCUT2D eigenvalue weighted by Crippen LogP contribution is 2.39. The summed E-state index contributed by atoms with van der Waals surface area (Å²) in [5, 5.41) is 11.0. The van der Waals surface area contributed by atoms with Crippen LogP contribution in [0.1, 0.15) is 52.3 Å². The molecule has 9 nitrogen and oxygen atoms in total. The zero-order chi connectivity index (χ0) is 31.3. The third-order valence-corrected chi connectivity index (χ3v) is 8.02. The van der Waals surface area contributed by atoms with E-state index in [1.807, 2.05) is 39.5 Å². The number of phenols is 1. The Balaban J connectivity index is 0.00000442. The Morgan fingerprint density at radius 3 is 2.48 bits per heavy atom. The Kier molecular flexibility index (Phi) is 9.11. The van der Waals surface area contributed by atoms with E-state index in [1.54, 1.807) is 23.2 Å². The van der Waals surface area contributed by atoms with E-state index in [9.17, 15) is 23.5 Å². The lowest BCUT2D eigenvalue weighted by Crippen LogP contribution is -2.58. The van der Waals surface area contributed by atoms with E-state index >= 15 is 0 Å². The minimum Gasteiger partial charge on any atom is -0.507 e. The van der Waals surface area contributed by atoms with E-state index in [-0.39, 0.29) is 53.3 Å². The van der Waals surface area contributed by atoms with Gasteiger partial charge in [-0.1, -0.05) is 39.5 Å². The van der Waals surface area contributed by atoms with Gasteiger partial charge in [-0.3, -0.25) is 9.78 Å². The molecular formula is C32H35ClF2N6O3. The minimum atomic E-state index is -1.23. The Labute approximate surface area is 259 Å². The number of amides is 1. The smallest absolute Gasteiger partial charge is 0.355 e. The van der Waals surface area contributed by atoms with Gasteiger partial charge in [-0.15, -0.1) is 0 Å². The van der Waals surface area contributed by atoms with Crippen molar-refractivity contribution >= 4 is 34.4 Å². The molecule has 0 spiro atoms. The molecule has 4 heterocycles. The van der Waals surface area contributed by atoms with Crippen molar-refractivity contribution in [2.24, 2.45) is 0 Å². The van der Waals surface area contributed by atoms with Crippen LogP contribution in [0.3, 0.4) is 0 Å². The van der Waals surface area contributed by atoms with Gasteiger partial charge in [0.25, 0.3) is 0 Å². The number of anilines is 1. The highest BCUT2D eigenvalue weighted by molar-refractivity contribution is 6.34. The predicted molar refractivity (Wildman–Crippen MR) is 169 cm³/mol. The number of nitrogens with zero attached hydrogens (tertiary/aromatic N) is 6. The monoisotopic (exact) mass is 624 g/mol. The Morgan fingerprint density at radius 2 is 1.82 bits per heavy atom. The van der Waals surface area contributed by atoms with E-state index in [2.05, 4.69) is 16.5 Å². The number of hydrogen-bond acceptors (Lipinski definition) is 7. The molecule has 1 fully saturated rings. The molecule has 2 atom stereocenters. The second-order valence-electron chi connectivity index (χ2n) is 11.1. The number of carbonyl (C=O) groups excluding carboxylic acids is 1. The van der Waals surface area contributed by atoms with E-state index in [0.29, 0.717) is 41.7 Å². The molecule has 4 aromatic rings. The lowest BCUT2D eigenvalue weighted by Gasteiger charge is -2.44. The van der Waals surface area contributed by atoms with Crippen molar-refractivity contribution in [3.63, 3.8) is 0 Å². The molecule has 44 heavy (non-hydrogen) atoms. The molecular weight excluding hydrogens is 590 g/mol. The number of pyridine rings is 2. The van der Waals surface area contributed by atoms with Crippen LogP contribution in [0.5, 0.6) is 5.75 Å². The molecule has 232 valence electrons. The zero-order valence-corrected chi connectivity index (χ0v) is 25.2. The summed E-state index contributed by atoms with van der Waals surface area (Å²) < 4.78 is 29.5. The third kappa shape index (κ3) is 5.52. The first-order valence-corrected chi connectivity index (χ1v) is 14.2. The lowest BCUT2D eigenvalue weighted by atomic mass is 10.0. The number of aromatic hydroxyl groups is 1. The van der Waals surface area contributed by atoms with Crippen molar-refractivity contribution in [3.8, 4) is 22.7 Å². The van der Waals surface area contributed by atoms with Crippen molar-refractivity contribution in [2.75, 3.05) is 18.0 Å². The van der Waals surface area contributed by atoms with Crippen LogP contribution in [0.2, 0.25) is 5.02 Å². The molecule has 1 N–H and O–H groups in total. The summed E-state index contributed by atoms with van der Waals surface area (Å²) in [5.74, 6) is -2.95. The molecule has 1 aliphatic heterocycles. The fourth-order valence-corrected chi connectivity index (χ4v) is 5.82. The van der Waals surface area contributed by atoms with Gasteiger partial charge in [0.1, 0.15) is 11.6 Å². The van der Waals surface area contributed by atoms with Gasteiger partial charge in [0.2, 0.25) is 5.91 Å². The van der Waals surface area contributed by atoms with Gasteiger partial charge >= 0.3 is 5.69 Å². The number of hydrogen-bond donors (Lipinski definition) is 1. The van der Waals surface area contributed by atoms with E-state index < -0.39 is 23.1 Å². The summed E-state index contributed by atoms with van der Waals surface area (Å²) in [4.78, 5) is 43.9. The maximum atomic E-state index is 14.3. The van der Waals surface area contributed by atoms with Gasteiger partial charge in [0, 0.05) is 43.0 Å². The number of aryl methyl sites for hydroxylation is 1. The van der Waals surface area contributed by atoms with Crippen molar-refractivity contribution < 1.29 is 18.7 Å². The average molecular weight is 625 g/mol. The van der Waals surface area contributed by atoms with Crippen LogP contribution in [0.4, 0.5) is 14.6 Å². The minimum absolute atomic E-state index is 0. The highest BCUT2D eigenvalue weighted by Gasteiger charge is 2.34. The van der Waals surface area contributed by atoms with Gasteiger partial charge in [-0.05, 0) is 56.5 Å². The Morgan fingerprint density at radius 1 is 1.14 bits per heavy atom. The maximum absolute atomic E-state index is 14.3. The van der Waals surface area contributed by atoms with Gasteiger partial charge in [-0.25, -0.2) is 23.1 Å². The number of fused-ring (bicyclic) bond motifs is 1. The number of piperazine rings is 1. The maximum Gasteiger partial charge on any atom is 0.355 e. The summed E-state index contributed by atoms with van der Waals surface area (Å²) in [7, 11) is 0. The van der Waals surface area contributed by atoms with Gasteiger partial charge in [0.15, 0.2) is 17.3 Å². The van der Waals surface area contributed by atoms with Crippen LogP contribution in [-0.2, 0) is 4.79 Å². The average Bonchev–Trinajstić information content (AvgIpc) is 2.95. The molecule has 0 radical (unpaired) electrons. The highest BCUT2D eigenvalue weighted by atomic mass is 35.5. The van der Waals surface area contributed by atoms with Crippen molar-refractivity contribution in [3.05, 3.63) is 81.5 Å². The quantitative estimate of drug-likeness (QED) is 0.265. The molecule has 12 heteroatoms. The van der Waals surface area contributed by atoms with Crippen LogP contribution in [0.15, 0.2) is 47.9 Å². The third-order valence-electron chi connectivity index (χ3n) is 7.74. The fraction of sp³-hybridized carbons (Fsp3) is 0.344. The molecule has 0 bridgehead atoms. The van der Waals surface area contributed by atoms with Crippen LogP contribution < -0.4 is 10.6 Å². The van der Waals surface area contributed by atoms with Crippen LogP contribution in [-0.4, -0.2) is 60.6 Å². The molecule has 1 amide bonds. The summed E-state index contributed by atoms with van der Waals surface area (Å²) in [6.45, 7) is 13.9. The predicted octanol–water partition coefficient (Wildman–Crippen LogP) is 6.16. The molecule has 1 aromatic carbocycles. The summed E-state index contributed by atoms with van der Waals surface area (Å²) in [5.41, 5.74) is 1.17. The van der Waals surface area contributed by atoms with Crippen molar-refractivity contribution in [2.45, 2.75) is 60.0 Å². The molecule has 0 unspecified atom stereocenters. The first-order chi connectivity index (χ1) is 20.3. The summed E-state index contributed by atoms with van der Waals surface area (Å²) >= 11 is 6.71. The standard InChI is InChI=1S/C31H31ClF2N6O3.CH4/c1-7-25(42)38-13-18(6)39(14-17(38)5)29-20-10-21(32)27(19-11-22(33)23(34)12-24(19)41)36-30(20)40(31(43)37-29)28-16(4)8-9-35-26(28)15(2)3;/h7-12,15,17-18,41H,1,13-14H2,2-6H3;1H4/t17-,18+;/m1./s1. The fourth-order valence-electron chi connectivity index (χ4n) is 5.57. The van der Waals surface area contributed by atoms with Crippen LogP contribution >= 0.6 is 11.6 Å². The van der Waals surface area contributed by atoms with Crippen molar-refractivity contribution in [1.29, 1.82) is 0 Å². The van der Waals surface area contributed by atoms with Crippen molar-refractivity contribution in [1.82, 2.24) is 24.4 Å². The summed E-state index contributed by atoms with van der Waals surface area (Å²) in [6.07, 6.45) is 2.93. The number of rotatable bonds is 5. The second kappa shape index (κ2) is 12.3. The van der Waals surface area contributed by atoms with Gasteiger partial charge < -0.3 is 14.9 Å². The largest absolute Gasteiger partial charge is 0.507 e. The van der Waals surface area contributed by atoms with Crippen LogP contribution in [0, 0.1) is 18.6 Å². The number of halogens is 3. The SMILES string of the molecule is C.C=CC(=O)N1C[C@H](C)N(c2nc(=O)n(-c3c(C)ccnc3C(C)C)c3nc(-c4cc(F)c(F)cc4O)c(Cl)cc23)C[C@H]1C. The molecule has 0 aliphatic carbocycles. The number of carbonyl (C=O) groups is 1. The van der Waals surface area contributed by atoms with E-state index in [4.69, 9.17) is 16.6 Å². The van der Waals surface area contributed by atoms with Gasteiger partial charge in [0.05, 0.1) is 27.5 Å². The normalized spacial score (nSPS) is 16.8. The topological polar surface area (TPSA) is 104 Å². The van der Waals surface area contributed by atoms with Gasteiger partial charge in [-0.2, -0.15) is 4.98 Å². The summed E-state index contributed by atoms with van der Waals surface area (Å²) in [6, 6.07) is 4.31. The molecule has 0 saturated carbocycles. The Bertz CT molecular complexity index is 1840. The Hall–Kier alpha value is -4.38. The lowest BCUT2D eigenvalue weighted by molar-refractivity contribution is -0.128. The second-order valence-corrected chi connectivity index (χ2v) is 11.5. The number of phenolic OH excluding ortho intramolecular Hbond substituents is 1. The molecule has 1 aliphatic rings. The van der Waals surface area contributed by atoms with E-state index in [0.717, 1.165) is 11.6 Å². The number of aromatic nitrogens is 4. The molecule has 3 aromatic heterocycles. The number of benzene rings is 1.